The molecule has 0 spiro atoms. The molecule has 3 rings (SSSR count). The molecule has 0 aliphatic carbocycles. The molecule has 0 aliphatic rings. The number of carbonyl (C=O) groups excluding carboxylic acids is 2. The van der Waals surface area contributed by atoms with E-state index in [1.165, 1.54) is 11.3 Å². The van der Waals surface area contributed by atoms with Gasteiger partial charge in [0, 0.05) is 10.4 Å². The van der Waals surface area contributed by atoms with Crippen molar-refractivity contribution in [1.82, 2.24) is 0 Å². The fourth-order valence-electron chi connectivity index (χ4n) is 2.58. The number of hydrogen-bond acceptors (Lipinski definition) is 5. The second-order valence-electron chi connectivity index (χ2n) is 5.61. The number of ketones is 1. The van der Waals surface area contributed by atoms with Gasteiger partial charge in [0.15, 0.2) is 6.61 Å². The number of esters is 1. The molecule has 3 aromatic rings. The second-order valence-corrected chi connectivity index (χ2v) is 6.90. The third-order valence-electron chi connectivity index (χ3n) is 3.83. The summed E-state index contributed by atoms with van der Waals surface area (Å²) in [6, 6.07) is 19.7. The summed E-state index contributed by atoms with van der Waals surface area (Å²) < 4.78 is 5.22. The number of Topliss-reactive ketones (excluding diaryl/α,β-unsaturated/α-hetero) is 1. The van der Waals surface area contributed by atoms with Crippen LogP contribution in [0, 0.1) is 18.3 Å². The SMILES string of the molecule is Cc1ccc(C(=O)COC(=O)c2ccccc2-c2ccccc2C#N)s1. The maximum absolute atomic E-state index is 12.5. The predicted octanol–water partition coefficient (Wildman–Crippen LogP) is 4.63. The summed E-state index contributed by atoms with van der Waals surface area (Å²) in [6.07, 6.45) is 0. The van der Waals surface area contributed by atoms with Crippen LogP contribution >= 0.6 is 11.3 Å². The van der Waals surface area contributed by atoms with Gasteiger partial charge in [0.25, 0.3) is 0 Å². The van der Waals surface area contributed by atoms with Crippen LogP contribution in [0.2, 0.25) is 0 Å². The molecule has 4 nitrogen and oxygen atoms in total. The fraction of sp³-hybridized carbons (Fsp3) is 0.0952. The predicted molar refractivity (Wildman–Crippen MR) is 100 cm³/mol. The van der Waals surface area contributed by atoms with E-state index in [9.17, 15) is 14.9 Å². The van der Waals surface area contributed by atoms with Crippen LogP contribution in [0.1, 0.15) is 30.5 Å². The zero-order chi connectivity index (χ0) is 18.5. The highest BCUT2D eigenvalue weighted by atomic mass is 32.1. The first-order chi connectivity index (χ1) is 12.6. The third-order valence-corrected chi connectivity index (χ3v) is 4.88. The van der Waals surface area contributed by atoms with E-state index in [-0.39, 0.29) is 12.4 Å². The lowest BCUT2D eigenvalue weighted by molar-refractivity contribution is 0.0476. The van der Waals surface area contributed by atoms with Crippen LogP contribution in [0.4, 0.5) is 0 Å². The van der Waals surface area contributed by atoms with E-state index < -0.39 is 5.97 Å². The Balaban J connectivity index is 1.82. The van der Waals surface area contributed by atoms with Gasteiger partial charge in [-0.1, -0.05) is 36.4 Å². The number of benzene rings is 2. The van der Waals surface area contributed by atoms with Crippen molar-refractivity contribution >= 4 is 23.1 Å². The van der Waals surface area contributed by atoms with Crippen molar-refractivity contribution in [2.75, 3.05) is 6.61 Å². The summed E-state index contributed by atoms with van der Waals surface area (Å²) >= 11 is 1.37. The number of hydrogen-bond donors (Lipinski definition) is 0. The molecule has 0 N–H and O–H groups in total. The minimum Gasteiger partial charge on any atom is -0.454 e. The van der Waals surface area contributed by atoms with Gasteiger partial charge in [0.1, 0.15) is 0 Å². The third kappa shape index (κ3) is 3.71. The van der Waals surface area contributed by atoms with Crippen molar-refractivity contribution in [3.05, 3.63) is 81.5 Å². The topological polar surface area (TPSA) is 67.2 Å². The van der Waals surface area contributed by atoms with Crippen LogP contribution in [-0.2, 0) is 4.74 Å². The Kier molecular flexibility index (Phi) is 5.26. The quantitative estimate of drug-likeness (QED) is 0.491. The maximum Gasteiger partial charge on any atom is 0.339 e. The average molecular weight is 361 g/mol. The van der Waals surface area contributed by atoms with E-state index in [4.69, 9.17) is 4.74 Å². The number of carbonyl (C=O) groups is 2. The van der Waals surface area contributed by atoms with Crippen LogP contribution in [0.25, 0.3) is 11.1 Å². The Morgan fingerprint density at radius 1 is 1.00 bits per heavy atom. The minimum absolute atomic E-state index is 0.230. The fourth-order valence-corrected chi connectivity index (χ4v) is 3.37. The van der Waals surface area contributed by atoms with E-state index in [1.807, 2.05) is 13.0 Å². The minimum atomic E-state index is -0.588. The van der Waals surface area contributed by atoms with Gasteiger partial charge in [-0.05, 0) is 36.8 Å². The molecule has 2 aromatic carbocycles. The van der Waals surface area contributed by atoms with Gasteiger partial charge in [-0.25, -0.2) is 4.79 Å². The van der Waals surface area contributed by atoms with Crippen LogP contribution in [0.15, 0.2) is 60.7 Å². The summed E-state index contributed by atoms with van der Waals surface area (Å²) in [7, 11) is 0. The number of rotatable bonds is 5. The highest BCUT2D eigenvalue weighted by molar-refractivity contribution is 7.14. The number of ether oxygens (including phenoxy) is 1. The van der Waals surface area contributed by atoms with Crippen molar-refractivity contribution in [3.63, 3.8) is 0 Å². The maximum atomic E-state index is 12.5. The average Bonchev–Trinajstić information content (AvgIpc) is 3.12. The van der Waals surface area contributed by atoms with Gasteiger partial charge in [-0.3, -0.25) is 4.79 Å². The van der Waals surface area contributed by atoms with Gasteiger partial charge >= 0.3 is 5.97 Å². The molecule has 0 atom stereocenters. The van der Waals surface area contributed by atoms with Crippen LogP contribution < -0.4 is 0 Å². The molecular weight excluding hydrogens is 346 g/mol. The lowest BCUT2D eigenvalue weighted by Crippen LogP contribution is -2.14. The van der Waals surface area contributed by atoms with Gasteiger partial charge in [-0.15, -0.1) is 11.3 Å². The van der Waals surface area contributed by atoms with Crippen LogP contribution in [0.3, 0.4) is 0 Å². The van der Waals surface area contributed by atoms with Gasteiger partial charge in [-0.2, -0.15) is 5.26 Å². The van der Waals surface area contributed by atoms with E-state index >= 15 is 0 Å². The monoisotopic (exact) mass is 361 g/mol. The highest BCUT2D eigenvalue weighted by Gasteiger charge is 2.18. The molecule has 0 saturated heterocycles. The molecule has 1 heterocycles. The molecule has 128 valence electrons. The van der Waals surface area contributed by atoms with Crippen LogP contribution in [0.5, 0.6) is 0 Å². The number of nitrogens with zero attached hydrogens (tertiary/aromatic N) is 1. The van der Waals surface area contributed by atoms with Crippen molar-refractivity contribution in [2.24, 2.45) is 0 Å². The van der Waals surface area contributed by atoms with Crippen molar-refractivity contribution in [1.29, 1.82) is 5.26 Å². The van der Waals surface area contributed by atoms with Crippen molar-refractivity contribution < 1.29 is 14.3 Å². The summed E-state index contributed by atoms with van der Waals surface area (Å²) in [5.74, 6) is -0.818. The molecule has 5 heteroatoms. The largest absolute Gasteiger partial charge is 0.454 e. The van der Waals surface area contributed by atoms with E-state index in [0.29, 0.717) is 27.1 Å². The molecular formula is C21H15NO3S. The first kappa shape index (κ1) is 17.6. The van der Waals surface area contributed by atoms with Crippen LogP contribution in [-0.4, -0.2) is 18.4 Å². The first-order valence-electron chi connectivity index (χ1n) is 7.95. The standard InChI is InChI=1S/C21H15NO3S/c1-14-10-11-20(26-14)19(23)13-25-21(24)18-9-5-4-8-17(18)16-7-3-2-6-15(16)12-22/h2-11H,13H2,1H3. The Morgan fingerprint density at radius 3 is 2.38 bits per heavy atom. The van der Waals surface area contributed by atoms with Gasteiger partial charge < -0.3 is 4.74 Å². The molecule has 0 radical (unpaired) electrons. The normalized spacial score (nSPS) is 10.2. The molecule has 26 heavy (non-hydrogen) atoms. The Morgan fingerprint density at radius 2 is 1.69 bits per heavy atom. The Bertz CT molecular complexity index is 1010. The van der Waals surface area contributed by atoms with Crippen molar-refractivity contribution in [3.8, 4) is 17.2 Å². The highest BCUT2D eigenvalue weighted by Crippen LogP contribution is 2.27. The zero-order valence-electron chi connectivity index (χ0n) is 14.1. The molecule has 0 amide bonds. The molecule has 0 bridgehead atoms. The number of aryl methyl sites for hydroxylation is 1. The Hall–Kier alpha value is -3.23. The smallest absolute Gasteiger partial charge is 0.339 e. The number of thiophene rings is 1. The summed E-state index contributed by atoms with van der Waals surface area (Å²) in [6.45, 7) is 1.60. The number of nitriles is 1. The van der Waals surface area contributed by atoms with Gasteiger partial charge in [0.05, 0.1) is 22.1 Å². The summed E-state index contributed by atoms with van der Waals surface area (Å²) in [4.78, 5) is 26.3. The molecule has 0 saturated carbocycles. The molecule has 0 aliphatic heterocycles. The summed E-state index contributed by atoms with van der Waals surface area (Å²) in [5.41, 5.74) is 2.06. The zero-order valence-corrected chi connectivity index (χ0v) is 14.9. The molecule has 0 fully saturated rings. The molecule has 0 unspecified atom stereocenters. The van der Waals surface area contributed by atoms with E-state index in [1.54, 1.807) is 54.6 Å². The Labute approximate surface area is 155 Å². The second kappa shape index (κ2) is 7.77. The van der Waals surface area contributed by atoms with Crippen molar-refractivity contribution in [2.45, 2.75) is 6.92 Å². The lowest BCUT2D eigenvalue weighted by Gasteiger charge is -2.10. The molecule has 1 aromatic heterocycles. The van der Waals surface area contributed by atoms with Gasteiger partial charge in [0.2, 0.25) is 5.78 Å². The van der Waals surface area contributed by atoms with E-state index in [0.717, 1.165) is 4.88 Å². The van der Waals surface area contributed by atoms with E-state index in [2.05, 4.69) is 6.07 Å². The first-order valence-corrected chi connectivity index (χ1v) is 8.77. The summed E-state index contributed by atoms with van der Waals surface area (Å²) in [5, 5.41) is 9.30. The lowest BCUT2D eigenvalue weighted by atomic mass is 9.96.